The second-order valence-corrected chi connectivity index (χ2v) is 5.39. The summed E-state index contributed by atoms with van der Waals surface area (Å²) in [5.41, 5.74) is 6.22. The van der Waals surface area contributed by atoms with Crippen LogP contribution in [-0.2, 0) is 4.79 Å². The van der Waals surface area contributed by atoms with Gasteiger partial charge < -0.3 is 10.6 Å². The highest BCUT2D eigenvalue weighted by molar-refractivity contribution is 5.94. The minimum Gasteiger partial charge on any atom is -0.384 e. The molecule has 108 valence electrons. The molecule has 2 fully saturated rings. The van der Waals surface area contributed by atoms with Gasteiger partial charge in [-0.1, -0.05) is 0 Å². The van der Waals surface area contributed by atoms with Crippen molar-refractivity contribution in [2.45, 2.75) is 24.8 Å². The molecule has 3 rings (SSSR count). The molecule has 1 aromatic heterocycles. The van der Waals surface area contributed by atoms with Crippen molar-refractivity contribution in [3.05, 3.63) is 18.3 Å². The van der Waals surface area contributed by atoms with E-state index in [9.17, 15) is 13.6 Å². The number of hydrogen-bond donors (Lipinski definition) is 1. The highest BCUT2D eigenvalue weighted by Gasteiger charge is 2.47. The summed E-state index contributed by atoms with van der Waals surface area (Å²) in [5.74, 6) is -2.23. The predicted octanol–water partition coefficient (Wildman–Crippen LogP) is 1.11. The van der Waals surface area contributed by atoms with E-state index in [-0.39, 0.29) is 31.5 Å². The fourth-order valence-electron chi connectivity index (χ4n) is 2.76. The minimum absolute atomic E-state index is 0.0527. The van der Waals surface area contributed by atoms with Crippen LogP contribution >= 0.6 is 0 Å². The van der Waals surface area contributed by atoms with E-state index in [2.05, 4.69) is 4.98 Å². The topological polar surface area (TPSA) is 62.5 Å². The lowest BCUT2D eigenvalue weighted by atomic mass is 9.97. The lowest BCUT2D eigenvalue weighted by Crippen LogP contribution is -2.62. The molecule has 2 N–H and O–H groups in total. The second kappa shape index (κ2) is 4.66. The summed E-state index contributed by atoms with van der Waals surface area (Å²) in [6.07, 6.45) is 2.54. The molecule has 20 heavy (non-hydrogen) atoms. The standard InChI is InChI=1S/C13H16F2N4O/c14-13(15)7-18(8-13)9-3-4-19(12(20)5-9)10-1-2-11(16)17-6-10/h1-2,6,9H,3-5,7-8H2,(H2,16,17). The molecule has 0 bridgehead atoms. The van der Waals surface area contributed by atoms with Crippen molar-refractivity contribution in [2.24, 2.45) is 0 Å². The van der Waals surface area contributed by atoms with Gasteiger partial charge in [0.25, 0.3) is 5.92 Å². The highest BCUT2D eigenvalue weighted by atomic mass is 19.3. The number of pyridine rings is 1. The number of carbonyl (C=O) groups excluding carboxylic acids is 1. The quantitative estimate of drug-likeness (QED) is 0.882. The van der Waals surface area contributed by atoms with E-state index in [0.29, 0.717) is 24.5 Å². The first-order chi connectivity index (χ1) is 9.44. The molecule has 1 amide bonds. The molecule has 0 saturated carbocycles. The number of halogens is 2. The van der Waals surface area contributed by atoms with Gasteiger partial charge in [0.2, 0.25) is 5.91 Å². The van der Waals surface area contributed by atoms with Crippen LogP contribution in [-0.4, -0.2) is 47.4 Å². The van der Waals surface area contributed by atoms with Crippen molar-refractivity contribution >= 4 is 17.4 Å². The molecule has 0 aromatic carbocycles. The molecule has 5 nitrogen and oxygen atoms in total. The number of nitrogens with zero attached hydrogens (tertiary/aromatic N) is 3. The molecule has 2 aliphatic heterocycles. The first kappa shape index (κ1) is 13.2. The van der Waals surface area contributed by atoms with Gasteiger partial charge in [-0.05, 0) is 18.6 Å². The summed E-state index contributed by atoms with van der Waals surface area (Å²) in [4.78, 5) is 19.4. The van der Waals surface area contributed by atoms with Gasteiger partial charge in [-0.3, -0.25) is 9.69 Å². The zero-order valence-electron chi connectivity index (χ0n) is 10.9. The number of hydrogen-bond acceptors (Lipinski definition) is 4. The van der Waals surface area contributed by atoms with Gasteiger partial charge in [0.05, 0.1) is 25.0 Å². The summed E-state index contributed by atoms with van der Waals surface area (Å²) >= 11 is 0. The van der Waals surface area contributed by atoms with E-state index in [1.165, 1.54) is 0 Å². The van der Waals surface area contributed by atoms with E-state index in [4.69, 9.17) is 5.73 Å². The van der Waals surface area contributed by atoms with Crippen LogP contribution in [0.3, 0.4) is 0 Å². The van der Waals surface area contributed by atoms with Crippen LogP contribution in [0.1, 0.15) is 12.8 Å². The number of amides is 1. The summed E-state index contributed by atoms with van der Waals surface area (Å²) in [5, 5.41) is 0. The van der Waals surface area contributed by atoms with Crippen LogP contribution in [0.15, 0.2) is 18.3 Å². The van der Waals surface area contributed by atoms with Crippen molar-refractivity contribution in [3.63, 3.8) is 0 Å². The molecule has 0 radical (unpaired) electrons. The number of rotatable bonds is 2. The number of alkyl halides is 2. The Morgan fingerprint density at radius 3 is 2.65 bits per heavy atom. The molecule has 1 atom stereocenters. The lowest BCUT2D eigenvalue weighted by Gasteiger charge is -2.46. The van der Waals surface area contributed by atoms with Crippen LogP contribution in [0.4, 0.5) is 20.3 Å². The van der Waals surface area contributed by atoms with E-state index >= 15 is 0 Å². The van der Waals surface area contributed by atoms with Crippen LogP contribution in [0.5, 0.6) is 0 Å². The molecule has 3 heterocycles. The van der Waals surface area contributed by atoms with E-state index < -0.39 is 5.92 Å². The molecule has 2 saturated heterocycles. The van der Waals surface area contributed by atoms with Crippen molar-refractivity contribution in [3.8, 4) is 0 Å². The molecule has 1 aromatic rings. The molecular formula is C13H16F2N4O. The Kier molecular flexibility index (Phi) is 3.08. The molecule has 1 unspecified atom stereocenters. The third kappa shape index (κ3) is 2.45. The predicted molar refractivity (Wildman–Crippen MR) is 70.5 cm³/mol. The van der Waals surface area contributed by atoms with Crippen LogP contribution in [0.2, 0.25) is 0 Å². The Morgan fingerprint density at radius 2 is 2.10 bits per heavy atom. The Balaban J connectivity index is 1.63. The zero-order valence-corrected chi connectivity index (χ0v) is 10.9. The largest absolute Gasteiger partial charge is 0.384 e. The summed E-state index contributed by atoms with van der Waals surface area (Å²) in [6.45, 7) is 0.0694. The molecule has 0 aliphatic carbocycles. The first-order valence-corrected chi connectivity index (χ1v) is 6.58. The number of carbonyl (C=O) groups is 1. The summed E-state index contributed by atoms with van der Waals surface area (Å²) in [6, 6.07) is 3.32. The molecular weight excluding hydrogens is 266 g/mol. The van der Waals surface area contributed by atoms with Crippen LogP contribution in [0.25, 0.3) is 0 Å². The van der Waals surface area contributed by atoms with Crippen LogP contribution in [0, 0.1) is 0 Å². The normalized spacial score (nSPS) is 26.4. The average molecular weight is 282 g/mol. The van der Waals surface area contributed by atoms with Crippen molar-refractivity contribution in [1.29, 1.82) is 0 Å². The SMILES string of the molecule is Nc1ccc(N2CCC(N3CC(F)(F)C3)CC2=O)cn1. The highest BCUT2D eigenvalue weighted by Crippen LogP contribution is 2.32. The van der Waals surface area contributed by atoms with Gasteiger partial charge >= 0.3 is 0 Å². The summed E-state index contributed by atoms with van der Waals surface area (Å²) in [7, 11) is 0. The number of nitrogens with two attached hydrogens (primary N) is 1. The van der Waals surface area contributed by atoms with Gasteiger partial charge in [-0.25, -0.2) is 13.8 Å². The Bertz CT molecular complexity index is 512. The Morgan fingerprint density at radius 1 is 1.35 bits per heavy atom. The smallest absolute Gasteiger partial charge is 0.272 e. The van der Waals surface area contributed by atoms with Crippen molar-refractivity contribution < 1.29 is 13.6 Å². The number of aromatic nitrogens is 1. The number of piperidine rings is 1. The van der Waals surface area contributed by atoms with Crippen molar-refractivity contribution in [1.82, 2.24) is 9.88 Å². The van der Waals surface area contributed by atoms with E-state index in [1.54, 1.807) is 28.1 Å². The van der Waals surface area contributed by atoms with Gasteiger partial charge in [0.1, 0.15) is 5.82 Å². The van der Waals surface area contributed by atoms with Gasteiger partial charge in [0, 0.05) is 19.0 Å². The second-order valence-electron chi connectivity index (χ2n) is 5.39. The molecule has 2 aliphatic rings. The first-order valence-electron chi connectivity index (χ1n) is 6.58. The summed E-state index contributed by atoms with van der Waals surface area (Å²) < 4.78 is 25.7. The lowest BCUT2D eigenvalue weighted by molar-refractivity contribution is -0.153. The van der Waals surface area contributed by atoms with Gasteiger partial charge in [-0.15, -0.1) is 0 Å². The van der Waals surface area contributed by atoms with Crippen LogP contribution < -0.4 is 10.6 Å². The number of nitrogen functional groups attached to an aromatic ring is 1. The van der Waals surface area contributed by atoms with E-state index in [1.807, 2.05) is 0 Å². The monoisotopic (exact) mass is 282 g/mol. The average Bonchev–Trinajstić information content (AvgIpc) is 2.37. The van der Waals surface area contributed by atoms with Crippen molar-refractivity contribution in [2.75, 3.05) is 30.3 Å². The number of likely N-dealkylation sites (tertiary alicyclic amines) is 1. The maximum absolute atomic E-state index is 12.9. The zero-order chi connectivity index (χ0) is 14.3. The number of anilines is 2. The molecule has 7 heteroatoms. The van der Waals surface area contributed by atoms with Gasteiger partial charge in [0.15, 0.2) is 0 Å². The fourth-order valence-corrected chi connectivity index (χ4v) is 2.76. The fraction of sp³-hybridized carbons (Fsp3) is 0.538. The minimum atomic E-state index is -2.58. The third-order valence-corrected chi connectivity index (χ3v) is 3.86. The van der Waals surface area contributed by atoms with E-state index in [0.717, 1.165) is 0 Å². The Labute approximate surface area is 115 Å². The maximum Gasteiger partial charge on any atom is 0.272 e. The maximum atomic E-state index is 12.9. The Hall–Kier alpha value is -1.76. The molecule has 0 spiro atoms. The third-order valence-electron chi connectivity index (χ3n) is 3.86. The van der Waals surface area contributed by atoms with Gasteiger partial charge in [-0.2, -0.15) is 0 Å².